The van der Waals surface area contributed by atoms with E-state index in [0.717, 1.165) is 23.2 Å². The number of amides is 1. The smallest absolute Gasteiger partial charge is 0.227 e. The number of sulfonamides is 1. The van der Waals surface area contributed by atoms with Crippen molar-refractivity contribution in [2.75, 3.05) is 18.4 Å². The van der Waals surface area contributed by atoms with Gasteiger partial charge in [-0.3, -0.25) is 4.79 Å². The second-order valence-electron chi connectivity index (χ2n) is 7.63. The lowest BCUT2D eigenvalue weighted by Gasteiger charge is -2.31. The Morgan fingerprint density at radius 3 is 2.47 bits per heavy atom. The third kappa shape index (κ3) is 5.35. The highest BCUT2D eigenvalue weighted by molar-refractivity contribution is 7.88. The lowest BCUT2D eigenvalue weighted by molar-refractivity contribution is -0.120. The normalized spacial score (nSPS) is 15.9. The van der Waals surface area contributed by atoms with Crippen LogP contribution in [-0.2, 0) is 27.0 Å². The molecule has 2 aromatic rings. The van der Waals surface area contributed by atoms with E-state index in [2.05, 4.69) is 12.2 Å². The van der Waals surface area contributed by atoms with E-state index in [1.54, 1.807) is 18.2 Å². The number of rotatable bonds is 6. The first-order valence-corrected chi connectivity index (χ1v) is 12.4. The maximum atomic E-state index is 12.8. The van der Waals surface area contributed by atoms with Gasteiger partial charge >= 0.3 is 0 Å². The van der Waals surface area contributed by atoms with Crippen LogP contribution in [0.1, 0.15) is 36.5 Å². The van der Waals surface area contributed by atoms with Crippen molar-refractivity contribution >= 4 is 44.8 Å². The summed E-state index contributed by atoms with van der Waals surface area (Å²) in [7, 11) is -3.49. The molecule has 1 heterocycles. The molecule has 0 saturated carbocycles. The summed E-state index contributed by atoms with van der Waals surface area (Å²) < 4.78 is 27.1. The molecular weight excluding hydrogens is 443 g/mol. The maximum Gasteiger partial charge on any atom is 0.227 e. The quantitative estimate of drug-likeness (QED) is 0.644. The predicted octanol–water partition coefficient (Wildman–Crippen LogP) is 5.04. The molecule has 1 aliphatic heterocycles. The third-order valence-corrected chi connectivity index (χ3v) is 8.13. The zero-order valence-corrected chi connectivity index (χ0v) is 19.4. The fourth-order valence-electron chi connectivity index (χ4n) is 3.75. The van der Waals surface area contributed by atoms with E-state index >= 15 is 0 Å². The number of carbonyl (C=O) groups excluding carboxylic acids is 1. The number of hydrogen-bond acceptors (Lipinski definition) is 3. The Labute approximate surface area is 188 Å². The maximum absolute atomic E-state index is 12.8. The molecule has 1 N–H and O–H groups in total. The molecular formula is C22H26Cl2N2O3S. The van der Waals surface area contributed by atoms with E-state index in [-0.39, 0.29) is 17.6 Å². The molecule has 8 heteroatoms. The molecule has 0 bridgehead atoms. The van der Waals surface area contributed by atoms with Crippen LogP contribution in [-0.4, -0.2) is 31.7 Å². The number of para-hydroxylation sites is 1. The number of hydrogen-bond donors (Lipinski definition) is 1. The van der Waals surface area contributed by atoms with Gasteiger partial charge in [-0.05, 0) is 55.0 Å². The Kier molecular flexibility index (Phi) is 7.45. The number of benzene rings is 2. The first kappa shape index (κ1) is 23.1. The molecule has 2 aromatic carbocycles. The lowest BCUT2D eigenvalue weighted by atomic mass is 9.96. The van der Waals surface area contributed by atoms with Crippen LogP contribution < -0.4 is 5.32 Å². The average molecular weight is 469 g/mol. The molecule has 0 aromatic heterocycles. The van der Waals surface area contributed by atoms with Gasteiger partial charge in [0.15, 0.2) is 0 Å². The zero-order valence-electron chi connectivity index (χ0n) is 17.1. The predicted molar refractivity (Wildman–Crippen MR) is 123 cm³/mol. The molecule has 1 amide bonds. The molecule has 0 spiro atoms. The van der Waals surface area contributed by atoms with Crippen molar-refractivity contribution in [3.63, 3.8) is 0 Å². The highest BCUT2D eigenvalue weighted by Crippen LogP contribution is 2.27. The van der Waals surface area contributed by atoms with Crippen LogP contribution in [0.4, 0.5) is 5.69 Å². The van der Waals surface area contributed by atoms with Gasteiger partial charge in [-0.1, -0.05) is 54.4 Å². The first-order chi connectivity index (χ1) is 14.2. The fraction of sp³-hybridized carbons (Fsp3) is 0.409. The summed E-state index contributed by atoms with van der Waals surface area (Å²) in [6, 6.07) is 10.8. The van der Waals surface area contributed by atoms with Gasteiger partial charge in [-0.25, -0.2) is 12.7 Å². The summed E-state index contributed by atoms with van der Waals surface area (Å²) in [5.41, 5.74) is 3.60. The summed E-state index contributed by atoms with van der Waals surface area (Å²) in [5, 5.41) is 3.80. The van der Waals surface area contributed by atoms with Crippen LogP contribution in [0.25, 0.3) is 0 Å². The van der Waals surface area contributed by atoms with Gasteiger partial charge in [0.25, 0.3) is 0 Å². The SMILES string of the molecule is CCc1cccc(C)c1NC(=O)C1CCN(S(=O)(=O)Cc2ccc(Cl)c(Cl)c2)CC1. The molecule has 1 aliphatic rings. The van der Waals surface area contributed by atoms with Crippen LogP contribution in [0.3, 0.4) is 0 Å². The highest BCUT2D eigenvalue weighted by Gasteiger charge is 2.31. The van der Waals surface area contributed by atoms with E-state index in [9.17, 15) is 13.2 Å². The van der Waals surface area contributed by atoms with E-state index < -0.39 is 10.0 Å². The average Bonchev–Trinajstić information content (AvgIpc) is 2.72. The van der Waals surface area contributed by atoms with Gasteiger partial charge in [0.05, 0.1) is 15.8 Å². The monoisotopic (exact) mass is 468 g/mol. The molecule has 3 rings (SSSR count). The third-order valence-electron chi connectivity index (χ3n) is 5.54. The Balaban J connectivity index is 1.61. The minimum Gasteiger partial charge on any atom is -0.325 e. The molecule has 0 radical (unpaired) electrons. The minimum atomic E-state index is -3.49. The molecule has 0 aliphatic carbocycles. The zero-order chi connectivity index (χ0) is 21.9. The van der Waals surface area contributed by atoms with Crippen LogP contribution >= 0.6 is 23.2 Å². The van der Waals surface area contributed by atoms with Crippen molar-refractivity contribution in [3.8, 4) is 0 Å². The highest BCUT2D eigenvalue weighted by atomic mass is 35.5. The first-order valence-electron chi connectivity index (χ1n) is 10.0. The largest absolute Gasteiger partial charge is 0.325 e. The van der Waals surface area contributed by atoms with Gasteiger partial charge in [-0.2, -0.15) is 0 Å². The summed E-state index contributed by atoms with van der Waals surface area (Å²) in [6.45, 7) is 4.70. The van der Waals surface area contributed by atoms with Gasteiger partial charge in [0.1, 0.15) is 0 Å². The van der Waals surface area contributed by atoms with Crippen molar-refractivity contribution < 1.29 is 13.2 Å². The van der Waals surface area contributed by atoms with E-state index in [1.165, 1.54) is 4.31 Å². The second-order valence-corrected chi connectivity index (χ2v) is 10.4. The standard InChI is InChI=1S/C22H26Cl2N2O3S/c1-3-17-6-4-5-15(2)21(17)25-22(27)18-9-11-26(12-10-18)30(28,29)14-16-7-8-19(23)20(24)13-16/h4-8,13,18H,3,9-12,14H2,1-2H3,(H,25,27). The molecule has 162 valence electrons. The summed E-state index contributed by atoms with van der Waals surface area (Å²) >= 11 is 11.9. The van der Waals surface area contributed by atoms with E-state index in [4.69, 9.17) is 23.2 Å². The van der Waals surface area contributed by atoms with Crippen molar-refractivity contribution in [2.24, 2.45) is 5.92 Å². The van der Waals surface area contributed by atoms with Crippen molar-refractivity contribution in [2.45, 2.75) is 38.9 Å². The summed E-state index contributed by atoms with van der Waals surface area (Å²) in [4.78, 5) is 12.8. The number of anilines is 1. The van der Waals surface area contributed by atoms with Crippen LogP contribution in [0.15, 0.2) is 36.4 Å². The van der Waals surface area contributed by atoms with Gasteiger partial charge < -0.3 is 5.32 Å². The van der Waals surface area contributed by atoms with Crippen LogP contribution in [0.5, 0.6) is 0 Å². The molecule has 1 saturated heterocycles. The number of carbonyl (C=O) groups is 1. The molecule has 0 atom stereocenters. The van der Waals surface area contributed by atoms with Crippen molar-refractivity contribution in [1.29, 1.82) is 0 Å². The number of aryl methyl sites for hydroxylation is 2. The molecule has 0 unspecified atom stereocenters. The number of halogens is 2. The lowest BCUT2D eigenvalue weighted by Crippen LogP contribution is -2.42. The Hall–Kier alpha value is -1.60. The van der Waals surface area contributed by atoms with Crippen LogP contribution in [0.2, 0.25) is 10.0 Å². The topological polar surface area (TPSA) is 66.5 Å². The van der Waals surface area contributed by atoms with Crippen molar-refractivity contribution in [1.82, 2.24) is 4.31 Å². The Morgan fingerprint density at radius 1 is 1.13 bits per heavy atom. The Morgan fingerprint density at radius 2 is 1.83 bits per heavy atom. The van der Waals surface area contributed by atoms with Gasteiger partial charge in [-0.15, -0.1) is 0 Å². The Bertz CT molecular complexity index is 1030. The summed E-state index contributed by atoms with van der Waals surface area (Å²) in [5.74, 6) is -0.379. The van der Waals surface area contributed by atoms with Gasteiger partial charge in [0, 0.05) is 24.7 Å². The minimum absolute atomic E-state index is 0.0412. The van der Waals surface area contributed by atoms with E-state index in [0.29, 0.717) is 41.5 Å². The number of nitrogens with zero attached hydrogens (tertiary/aromatic N) is 1. The number of piperidine rings is 1. The molecule has 5 nitrogen and oxygen atoms in total. The van der Waals surface area contributed by atoms with Gasteiger partial charge in [0.2, 0.25) is 15.9 Å². The molecule has 30 heavy (non-hydrogen) atoms. The number of nitrogens with one attached hydrogen (secondary N) is 1. The van der Waals surface area contributed by atoms with Crippen molar-refractivity contribution in [3.05, 3.63) is 63.1 Å². The summed E-state index contributed by atoms with van der Waals surface area (Å²) in [6.07, 6.45) is 1.84. The van der Waals surface area contributed by atoms with Crippen LogP contribution in [0, 0.1) is 12.8 Å². The fourth-order valence-corrected chi connectivity index (χ4v) is 5.63. The molecule has 1 fully saturated rings. The second kappa shape index (κ2) is 9.69. The van der Waals surface area contributed by atoms with E-state index in [1.807, 2.05) is 25.1 Å².